The van der Waals surface area contributed by atoms with Gasteiger partial charge in [-0.2, -0.15) is 11.2 Å². The Labute approximate surface area is 96.1 Å². The van der Waals surface area contributed by atoms with Crippen LogP contribution in [0.4, 0.5) is 0 Å². The van der Waals surface area contributed by atoms with Gasteiger partial charge in [-0.15, -0.1) is 0 Å². The zero-order chi connectivity index (χ0) is 10.9. The molecule has 2 rings (SSSR count). The average Bonchev–Trinajstić information content (AvgIpc) is 2.60. The predicted octanol–water partition coefficient (Wildman–Crippen LogP) is 1.70. The number of methoxy groups -OCH3 is 1. The highest BCUT2D eigenvalue weighted by molar-refractivity contribution is 8.30. The largest absolute Gasteiger partial charge is 0.497 e. The molecule has 0 bridgehead atoms. The fourth-order valence-corrected chi connectivity index (χ4v) is 8.93. The fourth-order valence-electron chi connectivity index (χ4n) is 1.90. The fraction of sp³-hybridized carbons (Fsp3) is 0.455. The SMILES string of the molecule is COc1ccc([Si]2(C)NCC(C)S2)cc1. The van der Waals surface area contributed by atoms with Crippen LogP contribution in [0.3, 0.4) is 0 Å². The van der Waals surface area contributed by atoms with Crippen molar-refractivity contribution in [2.24, 2.45) is 0 Å². The summed E-state index contributed by atoms with van der Waals surface area (Å²) in [7, 11) is 0.257. The molecule has 1 N–H and O–H groups in total. The van der Waals surface area contributed by atoms with Gasteiger partial charge < -0.3 is 9.72 Å². The first-order chi connectivity index (χ1) is 7.14. The summed E-state index contributed by atoms with van der Waals surface area (Å²) in [4.78, 5) is 3.70. The molecule has 0 aromatic heterocycles. The first kappa shape index (κ1) is 11.0. The number of ether oxygens (including phenoxy) is 1. The quantitative estimate of drug-likeness (QED) is 0.794. The molecule has 0 aliphatic carbocycles. The van der Waals surface area contributed by atoms with Crippen molar-refractivity contribution in [1.82, 2.24) is 4.98 Å². The molecule has 1 saturated heterocycles. The summed E-state index contributed by atoms with van der Waals surface area (Å²) in [5, 5.41) is 2.20. The van der Waals surface area contributed by atoms with E-state index in [1.165, 1.54) is 5.19 Å². The second-order valence-electron chi connectivity index (χ2n) is 4.07. The minimum absolute atomic E-state index is 0.740. The Morgan fingerprint density at radius 2 is 2.07 bits per heavy atom. The lowest BCUT2D eigenvalue weighted by Crippen LogP contribution is -2.51. The van der Waals surface area contributed by atoms with E-state index in [0.29, 0.717) is 0 Å². The minimum Gasteiger partial charge on any atom is -0.497 e. The molecular weight excluding hydrogens is 222 g/mol. The lowest BCUT2D eigenvalue weighted by atomic mass is 10.3. The molecular formula is C11H17NOSSi. The van der Waals surface area contributed by atoms with Gasteiger partial charge in [-0.3, -0.25) is 0 Å². The van der Waals surface area contributed by atoms with E-state index in [9.17, 15) is 0 Å². The lowest BCUT2D eigenvalue weighted by Gasteiger charge is -2.21. The summed E-state index contributed by atoms with van der Waals surface area (Å²) in [5.41, 5.74) is 0. The molecule has 0 saturated carbocycles. The van der Waals surface area contributed by atoms with Crippen LogP contribution in [-0.4, -0.2) is 26.3 Å². The van der Waals surface area contributed by atoms with Gasteiger partial charge in [-0.05, 0) is 23.9 Å². The van der Waals surface area contributed by atoms with Crippen LogP contribution in [0, 0.1) is 0 Å². The zero-order valence-electron chi connectivity index (χ0n) is 9.41. The van der Waals surface area contributed by atoms with Gasteiger partial charge in [0.05, 0.1) is 7.11 Å². The van der Waals surface area contributed by atoms with Crippen molar-refractivity contribution in [1.29, 1.82) is 0 Å². The third-order valence-corrected chi connectivity index (χ3v) is 9.92. The van der Waals surface area contributed by atoms with Gasteiger partial charge in [0, 0.05) is 11.8 Å². The smallest absolute Gasteiger partial charge is 0.217 e. The van der Waals surface area contributed by atoms with Gasteiger partial charge in [0.1, 0.15) is 5.75 Å². The molecule has 0 spiro atoms. The van der Waals surface area contributed by atoms with Gasteiger partial charge in [0.25, 0.3) is 0 Å². The van der Waals surface area contributed by atoms with E-state index in [-0.39, 0.29) is 0 Å². The molecule has 4 heteroatoms. The second kappa shape index (κ2) is 4.20. The number of hydrogen-bond donors (Lipinski definition) is 1. The normalized spacial score (nSPS) is 30.5. The maximum atomic E-state index is 5.17. The molecule has 1 fully saturated rings. The summed E-state index contributed by atoms with van der Waals surface area (Å²) >= 11 is 2.12. The molecule has 1 aromatic carbocycles. The maximum absolute atomic E-state index is 5.17. The molecule has 1 aliphatic heterocycles. The van der Waals surface area contributed by atoms with Gasteiger partial charge in [-0.1, -0.05) is 19.1 Å². The third kappa shape index (κ3) is 2.22. The Morgan fingerprint density at radius 1 is 1.40 bits per heavy atom. The molecule has 0 radical (unpaired) electrons. The summed E-state index contributed by atoms with van der Waals surface area (Å²) in [6, 6.07) is 8.50. The maximum Gasteiger partial charge on any atom is 0.217 e. The van der Waals surface area contributed by atoms with Crippen molar-refractivity contribution in [2.75, 3.05) is 13.7 Å². The highest BCUT2D eigenvalue weighted by Gasteiger charge is 2.37. The van der Waals surface area contributed by atoms with Crippen LogP contribution in [0.5, 0.6) is 5.75 Å². The van der Waals surface area contributed by atoms with Crippen LogP contribution >= 0.6 is 11.2 Å². The first-order valence-electron chi connectivity index (χ1n) is 5.21. The van der Waals surface area contributed by atoms with Crippen molar-refractivity contribution >= 4 is 23.8 Å². The number of hydrogen-bond acceptors (Lipinski definition) is 3. The zero-order valence-corrected chi connectivity index (χ0v) is 11.2. The second-order valence-corrected chi connectivity index (χ2v) is 11.3. The van der Waals surface area contributed by atoms with E-state index in [1.54, 1.807) is 7.11 Å². The molecule has 1 aromatic rings. The van der Waals surface area contributed by atoms with Gasteiger partial charge in [0.2, 0.25) is 7.38 Å². The van der Waals surface area contributed by atoms with Crippen molar-refractivity contribution in [2.45, 2.75) is 18.7 Å². The molecule has 1 aliphatic rings. The van der Waals surface area contributed by atoms with Crippen LogP contribution in [0.2, 0.25) is 6.55 Å². The monoisotopic (exact) mass is 239 g/mol. The Balaban J connectivity index is 2.22. The van der Waals surface area contributed by atoms with E-state index in [4.69, 9.17) is 4.74 Å². The van der Waals surface area contributed by atoms with E-state index in [1.807, 2.05) is 0 Å². The topological polar surface area (TPSA) is 21.3 Å². The van der Waals surface area contributed by atoms with Crippen LogP contribution < -0.4 is 14.9 Å². The Morgan fingerprint density at radius 3 is 2.53 bits per heavy atom. The number of benzene rings is 1. The summed E-state index contributed by atoms with van der Waals surface area (Å²) in [5.74, 6) is 0.937. The highest BCUT2D eigenvalue weighted by atomic mass is 32.4. The van der Waals surface area contributed by atoms with Crippen LogP contribution in [0.25, 0.3) is 0 Å². The standard InChI is InChI=1S/C11H17NOSSi/c1-9-8-12-15(3,14-9)11-6-4-10(13-2)5-7-11/h4-7,9,12H,8H2,1-3H3. The van der Waals surface area contributed by atoms with Crippen molar-refractivity contribution in [3.63, 3.8) is 0 Å². The van der Waals surface area contributed by atoms with E-state index >= 15 is 0 Å². The molecule has 2 unspecified atom stereocenters. The molecule has 0 amide bonds. The van der Waals surface area contributed by atoms with Gasteiger partial charge >= 0.3 is 0 Å². The minimum atomic E-state index is -1.45. The Bertz CT molecular complexity index is 343. The average molecular weight is 239 g/mol. The van der Waals surface area contributed by atoms with E-state index in [0.717, 1.165) is 17.5 Å². The molecule has 1 heterocycles. The molecule has 2 nitrogen and oxygen atoms in total. The summed E-state index contributed by atoms with van der Waals surface area (Å²) in [6.45, 7) is 5.81. The molecule has 15 heavy (non-hydrogen) atoms. The van der Waals surface area contributed by atoms with E-state index in [2.05, 4.69) is 53.9 Å². The van der Waals surface area contributed by atoms with E-state index < -0.39 is 7.38 Å². The molecule has 82 valence electrons. The lowest BCUT2D eigenvalue weighted by molar-refractivity contribution is 0.415. The van der Waals surface area contributed by atoms with Crippen molar-refractivity contribution in [3.05, 3.63) is 24.3 Å². The van der Waals surface area contributed by atoms with Gasteiger partial charge in [-0.25, -0.2) is 0 Å². The van der Waals surface area contributed by atoms with Crippen LogP contribution in [-0.2, 0) is 0 Å². The van der Waals surface area contributed by atoms with Crippen molar-refractivity contribution < 1.29 is 4.74 Å². The number of rotatable bonds is 2. The Kier molecular flexibility index (Phi) is 3.09. The summed E-state index contributed by atoms with van der Waals surface area (Å²) < 4.78 is 5.17. The van der Waals surface area contributed by atoms with Crippen molar-refractivity contribution in [3.8, 4) is 5.75 Å². The third-order valence-electron chi connectivity index (χ3n) is 2.80. The Hall–Kier alpha value is -0.453. The molecule has 2 atom stereocenters. The van der Waals surface area contributed by atoms with Crippen LogP contribution in [0.15, 0.2) is 24.3 Å². The van der Waals surface area contributed by atoms with Crippen LogP contribution in [0.1, 0.15) is 6.92 Å². The first-order valence-corrected chi connectivity index (χ1v) is 9.32. The number of nitrogens with one attached hydrogen (secondary N) is 1. The van der Waals surface area contributed by atoms with Gasteiger partial charge in [0.15, 0.2) is 0 Å². The predicted molar refractivity (Wildman–Crippen MR) is 69.3 cm³/mol. The highest BCUT2D eigenvalue weighted by Crippen LogP contribution is 2.28. The summed E-state index contributed by atoms with van der Waals surface area (Å²) in [6.07, 6.45) is 0.